The number of nitrogens with two attached hydrogens (primary N) is 1. The molecule has 0 unspecified atom stereocenters. The van der Waals surface area contributed by atoms with Gasteiger partial charge < -0.3 is 15.6 Å². The molecular weight excluding hydrogens is 214 g/mol. The van der Waals surface area contributed by atoms with E-state index in [4.69, 9.17) is 15.6 Å². The van der Waals surface area contributed by atoms with Gasteiger partial charge in [0.15, 0.2) is 0 Å². The van der Waals surface area contributed by atoms with Gasteiger partial charge in [0.1, 0.15) is 11.5 Å². The van der Waals surface area contributed by atoms with Gasteiger partial charge in [-0.1, -0.05) is 12.1 Å². The van der Waals surface area contributed by atoms with Crippen LogP contribution in [0.15, 0.2) is 48.5 Å². The van der Waals surface area contributed by atoms with E-state index in [-0.39, 0.29) is 5.75 Å². The summed E-state index contributed by atoms with van der Waals surface area (Å²) in [5.41, 5.74) is 7.62. The monoisotopic (exact) mass is 229 g/mol. The lowest BCUT2D eigenvalue weighted by Gasteiger charge is -2.06. The van der Waals surface area contributed by atoms with Crippen LogP contribution in [-0.4, -0.2) is 11.7 Å². The first kappa shape index (κ1) is 11.3. The number of hydrogen-bond donors (Lipinski definition) is 2. The maximum atomic E-state index is 9.12. The SMILES string of the molecule is Nc1cccc(CCOc2ccc(O)cc2)c1. The van der Waals surface area contributed by atoms with Crippen molar-refractivity contribution < 1.29 is 9.84 Å². The lowest BCUT2D eigenvalue weighted by atomic mass is 10.1. The number of ether oxygens (including phenoxy) is 1. The van der Waals surface area contributed by atoms with Crippen molar-refractivity contribution in [1.82, 2.24) is 0 Å². The third-order valence-corrected chi connectivity index (χ3v) is 2.45. The summed E-state index contributed by atoms with van der Waals surface area (Å²) < 4.78 is 5.55. The number of benzene rings is 2. The number of aromatic hydroxyl groups is 1. The summed E-state index contributed by atoms with van der Waals surface area (Å²) in [6.45, 7) is 0.591. The second-order valence-electron chi connectivity index (χ2n) is 3.84. The molecule has 0 amide bonds. The van der Waals surface area contributed by atoms with Crippen molar-refractivity contribution in [3.63, 3.8) is 0 Å². The molecule has 0 aliphatic carbocycles. The smallest absolute Gasteiger partial charge is 0.119 e. The molecule has 0 atom stereocenters. The highest BCUT2D eigenvalue weighted by atomic mass is 16.5. The Morgan fingerprint density at radius 1 is 1.06 bits per heavy atom. The van der Waals surface area contributed by atoms with Gasteiger partial charge in [0.25, 0.3) is 0 Å². The zero-order valence-electron chi connectivity index (χ0n) is 9.47. The molecule has 17 heavy (non-hydrogen) atoms. The molecule has 0 aliphatic heterocycles. The van der Waals surface area contributed by atoms with Crippen LogP contribution in [0.1, 0.15) is 5.56 Å². The Hall–Kier alpha value is -2.16. The molecule has 0 radical (unpaired) electrons. The molecule has 0 spiro atoms. The number of hydrogen-bond acceptors (Lipinski definition) is 3. The second-order valence-corrected chi connectivity index (χ2v) is 3.84. The van der Waals surface area contributed by atoms with Crippen LogP contribution in [-0.2, 0) is 6.42 Å². The van der Waals surface area contributed by atoms with Gasteiger partial charge in [-0.2, -0.15) is 0 Å². The third-order valence-electron chi connectivity index (χ3n) is 2.45. The first-order valence-corrected chi connectivity index (χ1v) is 5.50. The minimum atomic E-state index is 0.244. The molecule has 3 heteroatoms. The average Bonchev–Trinajstić information content (AvgIpc) is 2.32. The molecule has 0 saturated carbocycles. The molecule has 2 aromatic carbocycles. The third kappa shape index (κ3) is 3.41. The van der Waals surface area contributed by atoms with Crippen molar-refractivity contribution >= 4 is 5.69 Å². The van der Waals surface area contributed by atoms with Crippen molar-refractivity contribution in [2.24, 2.45) is 0 Å². The largest absolute Gasteiger partial charge is 0.508 e. The van der Waals surface area contributed by atoms with E-state index in [1.165, 1.54) is 0 Å². The highest BCUT2D eigenvalue weighted by molar-refractivity contribution is 5.40. The summed E-state index contributed by atoms with van der Waals surface area (Å²) in [5.74, 6) is 1.000. The lowest BCUT2D eigenvalue weighted by Crippen LogP contribution is -2.01. The first-order valence-electron chi connectivity index (χ1n) is 5.50. The minimum absolute atomic E-state index is 0.244. The molecule has 0 aliphatic rings. The molecule has 0 saturated heterocycles. The Bertz CT molecular complexity index is 480. The predicted molar refractivity (Wildman–Crippen MR) is 68.2 cm³/mol. The quantitative estimate of drug-likeness (QED) is 0.792. The van der Waals surface area contributed by atoms with E-state index in [0.717, 1.165) is 23.4 Å². The van der Waals surface area contributed by atoms with Crippen LogP contribution in [0.25, 0.3) is 0 Å². The maximum absolute atomic E-state index is 9.12. The zero-order chi connectivity index (χ0) is 12.1. The molecule has 3 nitrogen and oxygen atoms in total. The Labute approximate surface area is 100 Å². The van der Waals surface area contributed by atoms with Crippen LogP contribution in [0, 0.1) is 0 Å². The van der Waals surface area contributed by atoms with E-state index >= 15 is 0 Å². The van der Waals surface area contributed by atoms with Crippen molar-refractivity contribution in [1.29, 1.82) is 0 Å². The van der Waals surface area contributed by atoms with Gasteiger partial charge >= 0.3 is 0 Å². The normalized spacial score (nSPS) is 10.1. The fourth-order valence-electron chi connectivity index (χ4n) is 1.58. The van der Waals surface area contributed by atoms with Gasteiger partial charge in [-0.05, 0) is 42.0 Å². The van der Waals surface area contributed by atoms with Crippen molar-refractivity contribution in [2.75, 3.05) is 12.3 Å². The summed E-state index contributed by atoms with van der Waals surface area (Å²) in [6.07, 6.45) is 0.811. The molecule has 0 fully saturated rings. The lowest BCUT2D eigenvalue weighted by molar-refractivity contribution is 0.321. The zero-order valence-corrected chi connectivity index (χ0v) is 9.47. The Kier molecular flexibility index (Phi) is 3.50. The molecule has 3 N–H and O–H groups in total. The summed E-state index contributed by atoms with van der Waals surface area (Å²) in [4.78, 5) is 0. The average molecular weight is 229 g/mol. The van der Waals surface area contributed by atoms with Crippen molar-refractivity contribution in [3.8, 4) is 11.5 Å². The van der Waals surface area contributed by atoms with Gasteiger partial charge in [-0.25, -0.2) is 0 Å². The van der Waals surface area contributed by atoms with Gasteiger partial charge in [0.05, 0.1) is 6.61 Å². The van der Waals surface area contributed by atoms with E-state index in [0.29, 0.717) is 6.61 Å². The van der Waals surface area contributed by atoms with Crippen molar-refractivity contribution in [3.05, 3.63) is 54.1 Å². The fourth-order valence-corrected chi connectivity index (χ4v) is 1.58. The first-order chi connectivity index (χ1) is 8.24. The summed E-state index contributed by atoms with van der Waals surface area (Å²) in [5, 5.41) is 9.12. The van der Waals surface area contributed by atoms with Gasteiger partial charge in [0.2, 0.25) is 0 Å². The number of phenolic OH excluding ortho intramolecular Hbond substituents is 1. The van der Waals surface area contributed by atoms with Crippen LogP contribution in [0.3, 0.4) is 0 Å². The Morgan fingerprint density at radius 2 is 1.82 bits per heavy atom. The number of phenols is 1. The van der Waals surface area contributed by atoms with Gasteiger partial charge in [-0.15, -0.1) is 0 Å². The second kappa shape index (κ2) is 5.25. The molecule has 2 rings (SSSR count). The van der Waals surface area contributed by atoms with Crippen molar-refractivity contribution in [2.45, 2.75) is 6.42 Å². The maximum Gasteiger partial charge on any atom is 0.119 e. The topological polar surface area (TPSA) is 55.5 Å². The van der Waals surface area contributed by atoms with Crippen LogP contribution < -0.4 is 10.5 Å². The fraction of sp³-hybridized carbons (Fsp3) is 0.143. The number of nitrogen functional groups attached to an aromatic ring is 1. The standard InChI is InChI=1S/C14H15NO2/c15-12-3-1-2-11(10-12)8-9-17-14-6-4-13(16)5-7-14/h1-7,10,16H,8-9,15H2. The summed E-state index contributed by atoms with van der Waals surface area (Å²) in [6, 6.07) is 14.5. The molecule has 2 aromatic rings. The van der Waals surface area contributed by atoms with Crippen LogP contribution in [0.5, 0.6) is 11.5 Å². The van der Waals surface area contributed by atoms with E-state index in [9.17, 15) is 0 Å². The van der Waals surface area contributed by atoms with Gasteiger partial charge in [0, 0.05) is 12.1 Å². The molecule has 0 aromatic heterocycles. The number of rotatable bonds is 4. The minimum Gasteiger partial charge on any atom is -0.508 e. The van der Waals surface area contributed by atoms with E-state index in [2.05, 4.69) is 0 Å². The van der Waals surface area contributed by atoms with Gasteiger partial charge in [-0.3, -0.25) is 0 Å². The van der Waals surface area contributed by atoms with Crippen LogP contribution in [0.2, 0.25) is 0 Å². The highest BCUT2D eigenvalue weighted by Crippen LogP contribution is 2.16. The van der Waals surface area contributed by atoms with Crippen LogP contribution in [0.4, 0.5) is 5.69 Å². The molecular formula is C14H15NO2. The Morgan fingerprint density at radius 3 is 2.53 bits per heavy atom. The predicted octanol–water partition coefficient (Wildman–Crippen LogP) is 2.60. The summed E-state index contributed by atoms with van der Waals surface area (Å²) >= 11 is 0. The number of anilines is 1. The molecule has 88 valence electrons. The Balaban J connectivity index is 1.85. The van der Waals surface area contributed by atoms with E-state index < -0.39 is 0 Å². The molecule has 0 bridgehead atoms. The highest BCUT2D eigenvalue weighted by Gasteiger charge is 1.96. The summed E-state index contributed by atoms with van der Waals surface area (Å²) in [7, 11) is 0. The van der Waals surface area contributed by atoms with Crippen LogP contribution >= 0.6 is 0 Å². The molecule has 0 heterocycles. The van der Waals surface area contributed by atoms with E-state index in [1.54, 1.807) is 24.3 Å². The van der Waals surface area contributed by atoms with E-state index in [1.807, 2.05) is 24.3 Å².